The summed E-state index contributed by atoms with van der Waals surface area (Å²) >= 11 is 0. The third-order valence-electron chi connectivity index (χ3n) is 4.52. The van der Waals surface area contributed by atoms with Gasteiger partial charge < -0.3 is 24.3 Å². The molecule has 26 heavy (non-hydrogen) atoms. The van der Waals surface area contributed by atoms with Crippen LogP contribution >= 0.6 is 0 Å². The highest BCUT2D eigenvalue weighted by molar-refractivity contribution is 5.85. The van der Waals surface area contributed by atoms with Gasteiger partial charge in [0.05, 0.1) is 18.1 Å². The Morgan fingerprint density at radius 1 is 1.31 bits per heavy atom. The number of nitrogens with one attached hydrogen (secondary N) is 1. The van der Waals surface area contributed by atoms with Crippen LogP contribution in [0.1, 0.15) is 6.92 Å². The molecule has 2 N–H and O–H groups in total. The Bertz CT molecular complexity index is 1030. The number of aromatic nitrogens is 3. The smallest absolute Gasteiger partial charge is 0.331 e. The van der Waals surface area contributed by atoms with Crippen LogP contribution in [0.2, 0.25) is 0 Å². The van der Waals surface area contributed by atoms with Crippen LogP contribution < -0.4 is 4.90 Å². The molecular formula is C19H18N4O3. The maximum absolute atomic E-state index is 11.8. The molecule has 0 radical (unpaired) electrons. The van der Waals surface area contributed by atoms with E-state index in [1.165, 1.54) is 7.11 Å². The summed E-state index contributed by atoms with van der Waals surface area (Å²) in [5.74, 6) is 0.0670. The molecule has 0 fully saturated rings. The van der Waals surface area contributed by atoms with Crippen molar-refractivity contribution in [3.05, 3.63) is 66.3 Å². The number of imidazole rings is 1. The normalized spacial score (nSPS) is 17.2. The zero-order valence-corrected chi connectivity index (χ0v) is 14.4. The number of ether oxygens (including phenoxy) is 1. The van der Waals surface area contributed by atoms with Gasteiger partial charge in [0.2, 0.25) is 5.95 Å². The van der Waals surface area contributed by atoms with Crippen molar-refractivity contribution >= 4 is 23.0 Å². The number of nitrogens with zero attached hydrogens (tertiary/aromatic N) is 3. The monoisotopic (exact) mass is 350 g/mol. The average molecular weight is 350 g/mol. The Balaban J connectivity index is 1.75. The number of hydrogen-bond donors (Lipinski definition) is 2. The van der Waals surface area contributed by atoms with Crippen molar-refractivity contribution in [2.75, 3.05) is 12.0 Å². The summed E-state index contributed by atoms with van der Waals surface area (Å²) in [5, 5.41) is 9.69. The molecule has 3 heterocycles. The molecule has 1 unspecified atom stereocenters. The van der Waals surface area contributed by atoms with Crippen LogP contribution in [0, 0.1) is 0 Å². The fourth-order valence-corrected chi connectivity index (χ4v) is 3.21. The van der Waals surface area contributed by atoms with E-state index in [-0.39, 0.29) is 0 Å². The number of fused-ring (bicyclic) bond motifs is 1. The number of rotatable bonds is 4. The van der Waals surface area contributed by atoms with Crippen molar-refractivity contribution < 1.29 is 14.6 Å². The van der Waals surface area contributed by atoms with E-state index in [0.717, 1.165) is 16.7 Å². The summed E-state index contributed by atoms with van der Waals surface area (Å²) in [7, 11) is 1.53. The minimum absolute atomic E-state index is 0.475. The number of benzene rings is 1. The molecule has 0 saturated carbocycles. The van der Waals surface area contributed by atoms with Gasteiger partial charge in [0, 0.05) is 29.9 Å². The topological polar surface area (TPSA) is 83.4 Å². The number of methoxy groups -OCH3 is 1. The summed E-state index contributed by atoms with van der Waals surface area (Å²) < 4.78 is 7.25. The lowest BCUT2D eigenvalue weighted by molar-refractivity contribution is -0.137. The number of aromatic amines is 1. The molecule has 0 bridgehead atoms. The fraction of sp³-hybridized carbons (Fsp3) is 0.158. The zero-order chi connectivity index (χ0) is 18.3. The molecule has 1 atom stereocenters. The highest BCUT2D eigenvalue weighted by atomic mass is 16.5. The van der Waals surface area contributed by atoms with Gasteiger partial charge in [-0.05, 0) is 43.3 Å². The molecule has 3 aromatic rings. The Morgan fingerprint density at radius 2 is 2.08 bits per heavy atom. The SMILES string of the molecule is COC1=C(C)C(C(=O)O)N(c2nc3ccc(-n4cccc4)cc3[nH]2)C=C1. The van der Waals surface area contributed by atoms with E-state index in [9.17, 15) is 9.90 Å². The first kappa shape index (κ1) is 16.0. The van der Waals surface area contributed by atoms with Crippen LogP contribution in [0.4, 0.5) is 5.95 Å². The van der Waals surface area contributed by atoms with E-state index in [0.29, 0.717) is 17.3 Å². The van der Waals surface area contributed by atoms with Crippen LogP contribution in [-0.4, -0.2) is 38.8 Å². The summed E-state index contributed by atoms with van der Waals surface area (Å²) in [6.45, 7) is 1.75. The van der Waals surface area contributed by atoms with Crippen LogP contribution in [-0.2, 0) is 9.53 Å². The predicted octanol–water partition coefficient (Wildman–Crippen LogP) is 3.06. The third-order valence-corrected chi connectivity index (χ3v) is 4.52. The van der Waals surface area contributed by atoms with E-state index in [2.05, 4.69) is 9.97 Å². The predicted molar refractivity (Wildman–Crippen MR) is 98.2 cm³/mol. The highest BCUT2D eigenvalue weighted by Crippen LogP contribution is 2.28. The van der Waals surface area contributed by atoms with Gasteiger partial charge >= 0.3 is 5.97 Å². The van der Waals surface area contributed by atoms with Crippen LogP contribution in [0.3, 0.4) is 0 Å². The minimum Gasteiger partial charge on any atom is -0.497 e. The number of anilines is 1. The van der Waals surface area contributed by atoms with Gasteiger partial charge in [-0.1, -0.05) is 0 Å². The third kappa shape index (κ3) is 2.54. The Hall–Kier alpha value is -3.48. The van der Waals surface area contributed by atoms with E-state index in [1.807, 2.05) is 47.3 Å². The maximum Gasteiger partial charge on any atom is 0.331 e. The van der Waals surface area contributed by atoms with E-state index in [1.54, 1.807) is 24.1 Å². The maximum atomic E-state index is 11.8. The molecule has 0 saturated heterocycles. The largest absolute Gasteiger partial charge is 0.497 e. The zero-order valence-electron chi connectivity index (χ0n) is 14.4. The minimum atomic E-state index is -0.963. The van der Waals surface area contributed by atoms with Crippen molar-refractivity contribution in [1.82, 2.24) is 14.5 Å². The van der Waals surface area contributed by atoms with Gasteiger partial charge in [0.25, 0.3) is 0 Å². The first-order valence-corrected chi connectivity index (χ1v) is 8.15. The fourth-order valence-electron chi connectivity index (χ4n) is 3.21. The first-order valence-electron chi connectivity index (χ1n) is 8.15. The lowest BCUT2D eigenvalue weighted by atomic mass is 10.0. The molecule has 7 heteroatoms. The highest BCUT2D eigenvalue weighted by Gasteiger charge is 2.32. The van der Waals surface area contributed by atoms with Crippen molar-refractivity contribution in [3.63, 3.8) is 0 Å². The first-order chi connectivity index (χ1) is 12.6. The molecule has 1 aliphatic rings. The Labute approximate surface area is 149 Å². The average Bonchev–Trinajstić information content (AvgIpc) is 3.29. The second-order valence-electron chi connectivity index (χ2n) is 6.07. The molecule has 0 spiro atoms. The summed E-state index contributed by atoms with van der Waals surface area (Å²) in [6.07, 6.45) is 7.35. The van der Waals surface area contributed by atoms with Crippen molar-refractivity contribution in [2.24, 2.45) is 0 Å². The van der Waals surface area contributed by atoms with Crippen LogP contribution in [0.15, 0.2) is 66.3 Å². The standard InChI is InChI=1S/C19H18N4O3/c1-12-16(26-2)7-10-23(17(12)18(24)25)19-20-14-6-5-13(11-15(14)21-19)22-8-3-4-9-22/h3-11,17H,1-2H3,(H,20,21)(H,24,25). The molecular weight excluding hydrogens is 332 g/mol. The van der Waals surface area contributed by atoms with E-state index in [4.69, 9.17) is 4.74 Å². The second kappa shape index (κ2) is 6.11. The van der Waals surface area contributed by atoms with Gasteiger partial charge in [-0.25, -0.2) is 9.78 Å². The molecule has 4 rings (SSSR count). The lowest BCUT2D eigenvalue weighted by Crippen LogP contribution is -2.41. The van der Waals surface area contributed by atoms with Gasteiger partial charge in [-0.3, -0.25) is 0 Å². The number of carbonyl (C=O) groups is 1. The number of carboxylic acid groups (broad SMARTS) is 1. The second-order valence-corrected chi connectivity index (χ2v) is 6.07. The van der Waals surface area contributed by atoms with Gasteiger partial charge in [-0.15, -0.1) is 0 Å². The number of carboxylic acids is 1. The molecule has 2 aromatic heterocycles. The molecule has 0 amide bonds. The van der Waals surface area contributed by atoms with E-state index < -0.39 is 12.0 Å². The lowest BCUT2D eigenvalue weighted by Gasteiger charge is -2.29. The van der Waals surface area contributed by atoms with Crippen LogP contribution in [0.25, 0.3) is 16.7 Å². The van der Waals surface area contributed by atoms with Crippen molar-refractivity contribution in [1.29, 1.82) is 0 Å². The molecule has 1 aliphatic heterocycles. The van der Waals surface area contributed by atoms with E-state index >= 15 is 0 Å². The van der Waals surface area contributed by atoms with Crippen LogP contribution in [0.5, 0.6) is 0 Å². The number of H-pyrrole nitrogens is 1. The van der Waals surface area contributed by atoms with Gasteiger partial charge in [0.1, 0.15) is 5.76 Å². The van der Waals surface area contributed by atoms with Crippen molar-refractivity contribution in [2.45, 2.75) is 13.0 Å². The number of allylic oxidation sites excluding steroid dienone is 1. The Kier molecular flexibility index (Phi) is 3.76. The molecule has 7 nitrogen and oxygen atoms in total. The number of hydrogen-bond acceptors (Lipinski definition) is 4. The summed E-state index contributed by atoms with van der Waals surface area (Å²) in [6, 6.07) is 8.92. The number of aliphatic carboxylic acids is 1. The van der Waals surface area contributed by atoms with Gasteiger partial charge in [-0.2, -0.15) is 0 Å². The quantitative estimate of drug-likeness (QED) is 0.756. The molecule has 132 valence electrons. The molecule has 1 aromatic carbocycles. The molecule has 0 aliphatic carbocycles. The van der Waals surface area contributed by atoms with Crippen molar-refractivity contribution in [3.8, 4) is 5.69 Å². The Morgan fingerprint density at radius 3 is 2.77 bits per heavy atom. The summed E-state index contributed by atoms with van der Waals surface area (Å²) in [5.41, 5.74) is 3.23. The summed E-state index contributed by atoms with van der Waals surface area (Å²) in [4.78, 5) is 21.2. The van der Waals surface area contributed by atoms with Gasteiger partial charge in [0.15, 0.2) is 6.04 Å².